The van der Waals surface area contributed by atoms with Crippen LogP contribution in [0.3, 0.4) is 0 Å². The van der Waals surface area contributed by atoms with Gasteiger partial charge in [-0.1, -0.05) is 15.9 Å². The predicted molar refractivity (Wildman–Crippen MR) is 67.5 cm³/mol. The van der Waals surface area contributed by atoms with Gasteiger partial charge in [-0.05, 0) is 19.8 Å². The highest BCUT2D eigenvalue weighted by atomic mass is 79.9. The third-order valence-corrected chi connectivity index (χ3v) is 3.45. The summed E-state index contributed by atoms with van der Waals surface area (Å²) < 4.78 is 5.16. The van der Waals surface area contributed by atoms with Crippen LogP contribution in [0, 0.1) is 6.92 Å². The quantitative estimate of drug-likeness (QED) is 0.781. The SMILES string of the molecule is COc1cc(N2CCCC(Br)C2)nc(C)n1. The molecule has 1 fully saturated rings. The number of ether oxygens (including phenoxy) is 1. The highest BCUT2D eigenvalue weighted by molar-refractivity contribution is 9.09. The molecule has 0 aliphatic carbocycles. The lowest BCUT2D eigenvalue weighted by atomic mass is 10.1. The fourth-order valence-electron chi connectivity index (χ4n) is 1.93. The average molecular weight is 286 g/mol. The Balaban J connectivity index is 2.21. The molecule has 2 rings (SSSR count). The molecule has 1 aliphatic heterocycles. The van der Waals surface area contributed by atoms with Gasteiger partial charge in [0.15, 0.2) is 0 Å². The number of rotatable bonds is 2. The summed E-state index contributed by atoms with van der Waals surface area (Å²) in [5.74, 6) is 2.36. The molecule has 1 aromatic rings. The van der Waals surface area contributed by atoms with Crippen LogP contribution in [0.5, 0.6) is 5.88 Å². The molecule has 88 valence electrons. The molecule has 1 unspecified atom stereocenters. The molecule has 1 saturated heterocycles. The number of nitrogens with zero attached hydrogens (tertiary/aromatic N) is 3. The fraction of sp³-hybridized carbons (Fsp3) is 0.636. The van der Waals surface area contributed by atoms with E-state index in [0.717, 1.165) is 24.7 Å². The molecule has 0 amide bonds. The van der Waals surface area contributed by atoms with Crippen LogP contribution in [0.2, 0.25) is 0 Å². The zero-order valence-electron chi connectivity index (χ0n) is 9.61. The Morgan fingerprint density at radius 1 is 1.50 bits per heavy atom. The van der Waals surface area contributed by atoms with E-state index in [4.69, 9.17) is 4.74 Å². The second-order valence-corrected chi connectivity index (χ2v) is 5.30. The lowest BCUT2D eigenvalue weighted by Gasteiger charge is -2.31. The predicted octanol–water partition coefficient (Wildman–Crippen LogP) is 2.16. The van der Waals surface area contributed by atoms with E-state index in [0.29, 0.717) is 10.7 Å². The largest absolute Gasteiger partial charge is 0.481 e. The van der Waals surface area contributed by atoms with Crippen molar-refractivity contribution in [1.82, 2.24) is 9.97 Å². The van der Waals surface area contributed by atoms with Gasteiger partial charge in [-0.2, -0.15) is 4.98 Å². The molecule has 5 heteroatoms. The number of hydrogen-bond donors (Lipinski definition) is 0. The Kier molecular flexibility index (Phi) is 3.63. The number of piperidine rings is 1. The lowest BCUT2D eigenvalue weighted by Crippen LogP contribution is -2.36. The molecule has 0 saturated carbocycles. The highest BCUT2D eigenvalue weighted by Gasteiger charge is 2.19. The molecule has 0 aromatic carbocycles. The topological polar surface area (TPSA) is 38.2 Å². The molecule has 0 spiro atoms. The Hall–Kier alpha value is -0.840. The van der Waals surface area contributed by atoms with Crippen molar-refractivity contribution in [3.63, 3.8) is 0 Å². The van der Waals surface area contributed by atoms with Crippen LogP contribution in [-0.2, 0) is 0 Å². The monoisotopic (exact) mass is 285 g/mol. The van der Waals surface area contributed by atoms with Crippen molar-refractivity contribution < 1.29 is 4.74 Å². The Labute approximate surface area is 104 Å². The number of halogens is 1. The first kappa shape index (κ1) is 11.6. The van der Waals surface area contributed by atoms with Gasteiger partial charge in [0.1, 0.15) is 11.6 Å². The standard InChI is InChI=1S/C11H16BrN3O/c1-8-13-10(6-11(14-8)16-2)15-5-3-4-9(12)7-15/h6,9H,3-5,7H2,1-2H3. The summed E-state index contributed by atoms with van der Waals surface area (Å²) in [6.07, 6.45) is 2.43. The van der Waals surface area contributed by atoms with Crippen LogP contribution < -0.4 is 9.64 Å². The van der Waals surface area contributed by atoms with Crippen molar-refractivity contribution in [3.8, 4) is 5.88 Å². The minimum atomic E-state index is 0.558. The van der Waals surface area contributed by atoms with Gasteiger partial charge in [-0.3, -0.25) is 0 Å². The van der Waals surface area contributed by atoms with Crippen molar-refractivity contribution >= 4 is 21.7 Å². The van der Waals surface area contributed by atoms with Crippen molar-refractivity contribution in [1.29, 1.82) is 0 Å². The zero-order chi connectivity index (χ0) is 11.5. The molecule has 2 heterocycles. The second kappa shape index (κ2) is 4.99. The smallest absolute Gasteiger partial charge is 0.218 e. The van der Waals surface area contributed by atoms with Gasteiger partial charge < -0.3 is 9.64 Å². The highest BCUT2D eigenvalue weighted by Crippen LogP contribution is 2.23. The fourth-order valence-corrected chi connectivity index (χ4v) is 2.60. The number of aromatic nitrogens is 2. The van der Waals surface area contributed by atoms with Gasteiger partial charge in [-0.25, -0.2) is 4.98 Å². The molecule has 0 N–H and O–H groups in total. The summed E-state index contributed by atoms with van der Waals surface area (Å²) in [5.41, 5.74) is 0. The van der Waals surface area contributed by atoms with E-state index in [-0.39, 0.29) is 0 Å². The van der Waals surface area contributed by atoms with Crippen molar-refractivity contribution in [2.45, 2.75) is 24.6 Å². The van der Waals surface area contributed by atoms with E-state index in [1.807, 2.05) is 13.0 Å². The molecule has 16 heavy (non-hydrogen) atoms. The van der Waals surface area contributed by atoms with Crippen LogP contribution in [0.1, 0.15) is 18.7 Å². The van der Waals surface area contributed by atoms with Crippen LogP contribution in [-0.4, -0.2) is 35.0 Å². The molecule has 1 aromatic heterocycles. The van der Waals surface area contributed by atoms with Crippen molar-refractivity contribution in [3.05, 3.63) is 11.9 Å². The molecular weight excluding hydrogens is 270 g/mol. The normalized spacial score (nSPS) is 20.9. The van der Waals surface area contributed by atoms with E-state index in [1.54, 1.807) is 7.11 Å². The molecule has 1 atom stereocenters. The van der Waals surface area contributed by atoms with E-state index < -0.39 is 0 Å². The van der Waals surface area contributed by atoms with E-state index in [9.17, 15) is 0 Å². The third kappa shape index (κ3) is 2.64. The van der Waals surface area contributed by atoms with E-state index in [1.165, 1.54) is 12.8 Å². The number of anilines is 1. The van der Waals surface area contributed by atoms with Gasteiger partial charge in [0, 0.05) is 24.0 Å². The van der Waals surface area contributed by atoms with E-state index >= 15 is 0 Å². The maximum Gasteiger partial charge on any atom is 0.218 e. The summed E-state index contributed by atoms with van der Waals surface area (Å²) in [4.78, 5) is 11.5. The molecule has 1 aliphatic rings. The molecular formula is C11H16BrN3O. The van der Waals surface area contributed by atoms with Gasteiger partial charge in [0.25, 0.3) is 0 Å². The maximum atomic E-state index is 5.16. The Morgan fingerprint density at radius 2 is 2.31 bits per heavy atom. The van der Waals surface area contributed by atoms with Gasteiger partial charge in [0.05, 0.1) is 7.11 Å². The first-order valence-corrected chi connectivity index (χ1v) is 6.39. The van der Waals surface area contributed by atoms with Crippen molar-refractivity contribution in [2.75, 3.05) is 25.1 Å². The minimum Gasteiger partial charge on any atom is -0.481 e. The van der Waals surface area contributed by atoms with Gasteiger partial charge in [-0.15, -0.1) is 0 Å². The number of hydrogen-bond acceptors (Lipinski definition) is 4. The first-order chi connectivity index (χ1) is 7.69. The average Bonchev–Trinajstić information content (AvgIpc) is 2.28. The summed E-state index contributed by atoms with van der Waals surface area (Å²) in [6.45, 7) is 3.95. The molecule has 0 radical (unpaired) electrons. The number of alkyl halides is 1. The third-order valence-electron chi connectivity index (χ3n) is 2.70. The van der Waals surface area contributed by atoms with Crippen LogP contribution in [0.25, 0.3) is 0 Å². The molecule has 0 bridgehead atoms. The summed E-state index contributed by atoms with van der Waals surface area (Å²) >= 11 is 3.66. The van der Waals surface area contributed by atoms with Crippen LogP contribution in [0.15, 0.2) is 6.07 Å². The van der Waals surface area contributed by atoms with Crippen molar-refractivity contribution in [2.24, 2.45) is 0 Å². The Bertz CT molecular complexity index is 372. The van der Waals surface area contributed by atoms with Gasteiger partial charge >= 0.3 is 0 Å². The second-order valence-electron chi connectivity index (χ2n) is 4.00. The van der Waals surface area contributed by atoms with Crippen LogP contribution in [0.4, 0.5) is 5.82 Å². The molecule has 4 nitrogen and oxygen atoms in total. The summed E-state index contributed by atoms with van der Waals surface area (Å²) in [7, 11) is 1.63. The zero-order valence-corrected chi connectivity index (χ0v) is 11.2. The number of aryl methyl sites for hydroxylation is 1. The number of methoxy groups -OCH3 is 1. The summed E-state index contributed by atoms with van der Waals surface area (Å²) in [6, 6.07) is 1.90. The lowest BCUT2D eigenvalue weighted by molar-refractivity contribution is 0.395. The summed E-state index contributed by atoms with van der Waals surface area (Å²) in [5, 5.41) is 0. The first-order valence-electron chi connectivity index (χ1n) is 5.47. The van der Waals surface area contributed by atoms with E-state index in [2.05, 4.69) is 30.8 Å². The maximum absolute atomic E-state index is 5.16. The Morgan fingerprint density at radius 3 is 3.00 bits per heavy atom. The minimum absolute atomic E-state index is 0.558. The van der Waals surface area contributed by atoms with Gasteiger partial charge in [0.2, 0.25) is 5.88 Å². The van der Waals surface area contributed by atoms with Crippen LogP contribution >= 0.6 is 15.9 Å².